The summed E-state index contributed by atoms with van der Waals surface area (Å²) in [4.78, 5) is 27.1. The van der Waals surface area contributed by atoms with E-state index in [4.69, 9.17) is 39.8 Å². The Morgan fingerprint density at radius 1 is 1.17 bits per heavy atom. The SMILES string of the molecule is O=C(C=Cc1ccc(-c2cccc(Cl)c2Cl)o1)NC(=S)Nc1nc(-c2cccc([N+](=O)[O-])c2)cs1. The maximum absolute atomic E-state index is 12.2. The number of halogens is 2. The van der Waals surface area contributed by atoms with Crippen molar-refractivity contribution >= 4 is 74.7 Å². The minimum atomic E-state index is -0.475. The minimum Gasteiger partial charge on any atom is -0.457 e. The summed E-state index contributed by atoms with van der Waals surface area (Å²) < 4.78 is 5.72. The largest absolute Gasteiger partial charge is 0.457 e. The fourth-order valence-electron chi connectivity index (χ4n) is 2.96. The molecule has 2 heterocycles. The molecule has 0 bridgehead atoms. The smallest absolute Gasteiger partial charge is 0.270 e. The van der Waals surface area contributed by atoms with Gasteiger partial charge in [0.25, 0.3) is 5.69 Å². The second-order valence-electron chi connectivity index (χ2n) is 6.93. The van der Waals surface area contributed by atoms with Crippen LogP contribution in [-0.4, -0.2) is 20.9 Å². The van der Waals surface area contributed by atoms with Crippen molar-refractivity contribution in [2.75, 3.05) is 5.32 Å². The van der Waals surface area contributed by atoms with Gasteiger partial charge in [0.1, 0.15) is 11.5 Å². The van der Waals surface area contributed by atoms with E-state index in [9.17, 15) is 14.9 Å². The van der Waals surface area contributed by atoms with Crippen LogP contribution in [0.2, 0.25) is 10.0 Å². The van der Waals surface area contributed by atoms with Crippen LogP contribution in [-0.2, 0) is 4.79 Å². The molecule has 0 saturated heterocycles. The number of rotatable bonds is 6. The van der Waals surface area contributed by atoms with Gasteiger partial charge in [0, 0.05) is 34.7 Å². The number of amides is 1. The lowest BCUT2D eigenvalue weighted by molar-refractivity contribution is -0.384. The molecule has 0 spiro atoms. The number of nitro benzene ring substituents is 1. The van der Waals surface area contributed by atoms with Crippen LogP contribution in [0.25, 0.3) is 28.7 Å². The van der Waals surface area contributed by atoms with Crippen LogP contribution < -0.4 is 10.6 Å². The molecule has 0 fully saturated rings. The number of aromatic nitrogens is 1. The van der Waals surface area contributed by atoms with Crippen molar-refractivity contribution in [3.05, 3.63) is 92.0 Å². The predicted molar refractivity (Wildman–Crippen MR) is 142 cm³/mol. The molecule has 0 saturated carbocycles. The third kappa shape index (κ3) is 6.11. The van der Waals surface area contributed by atoms with Gasteiger partial charge in [-0.2, -0.15) is 0 Å². The van der Waals surface area contributed by atoms with Gasteiger partial charge in [-0.3, -0.25) is 20.2 Å². The predicted octanol–water partition coefficient (Wildman–Crippen LogP) is 6.81. The van der Waals surface area contributed by atoms with Gasteiger partial charge in [0.2, 0.25) is 5.91 Å². The van der Waals surface area contributed by atoms with E-state index in [1.54, 1.807) is 47.8 Å². The van der Waals surface area contributed by atoms with Gasteiger partial charge >= 0.3 is 0 Å². The first-order chi connectivity index (χ1) is 16.8. The Kier molecular flexibility index (Phi) is 7.57. The van der Waals surface area contributed by atoms with E-state index in [1.165, 1.54) is 35.6 Å². The molecule has 2 aromatic carbocycles. The van der Waals surface area contributed by atoms with Crippen molar-refractivity contribution in [1.29, 1.82) is 0 Å². The van der Waals surface area contributed by atoms with Crippen molar-refractivity contribution in [3.63, 3.8) is 0 Å². The highest BCUT2D eigenvalue weighted by Crippen LogP contribution is 2.34. The van der Waals surface area contributed by atoms with Gasteiger partial charge in [-0.15, -0.1) is 11.3 Å². The van der Waals surface area contributed by atoms with Crippen molar-refractivity contribution in [1.82, 2.24) is 10.3 Å². The molecule has 0 atom stereocenters. The molecule has 35 heavy (non-hydrogen) atoms. The number of nitrogens with zero attached hydrogens (tertiary/aromatic N) is 2. The summed E-state index contributed by atoms with van der Waals surface area (Å²) in [5.74, 6) is 0.473. The standard InChI is InChI=1S/C23H14Cl2N4O4S2/c24-17-6-2-5-16(21(17)25)19-9-7-15(33-19)8-10-20(30)27-22(34)28-23-26-18(12-35-23)13-3-1-4-14(11-13)29(31)32/h1-12H,(H2,26,27,28,30,34). The van der Waals surface area contributed by atoms with Gasteiger partial charge in [0.15, 0.2) is 10.2 Å². The van der Waals surface area contributed by atoms with Crippen LogP contribution in [0, 0.1) is 10.1 Å². The Morgan fingerprint density at radius 2 is 1.97 bits per heavy atom. The van der Waals surface area contributed by atoms with Crippen molar-refractivity contribution in [2.45, 2.75) is 0 Å². The highest BCUT2D eigenvalue weighted by Gasteiger charge is 2.12. The van der Waals surface area contributed by atoms with Gasteiger partial charge in [0.05, 0.1) is 20.7 Å². The normalized spacial score (nSPS) is 10.9. The maximum atomic E-state index is 12.2. The molecule has 0 unspecified atom stereocenters. The first-order valence-electron chi connectivity index (χ1n) is 9.85. The molecule has 0 aliphatic rings. The molecule has 2 N–H and O–H groups in total. The highest BCUT2D eigenvalue weighted by molar-refractivity contribution is 7.80. The van der Waals surface area contributed by atoms with E-state index in [2.05, 4.69) is 15.6 Å². The van der Waals surface area contributed by atoms with E-state index in [0.29, 0.717) is 43.5 Å². The van der Waals surface area contributed by atoms with Crippen LogP contribution in [0.4, 0.5) is 10.8 Å². The Hall–Kier alpha value is -3.57. The first kappa shape index (κ1) is 24.6. The number of thiazole rings is 1. The first-order valence-corrected chi connectivity index (χ1v) is 11.9. The van der Waals surface area contributed by atoms with Crippen LogP contribution >= 0.6 is 46.8 Å². The molecular formula is C23H14Cl2N4O4S2. The number of carbonyl (C=O) groups is 1. The summed E-state index contributed by atoms with van der Waals surface area (Å²) >= 11 is 18.7. The zero-order chi connectivity index (χ0) is 24.9. The number of benzene rings is 2. The number of nitro groups is 1. The second-order valence-corrected chi connectivity index (χ2v) is 8.98. The molecule has 12 heteroatoms. The second kappa shape index (κ2) is 10.8. The molecule has 0 aliphatic heterocycles. The lowest BCUT2D eigenvalue weighted by atomic mass is 10.1. The number of furan rings is 1. The summed E-state index contributed by atoms with van der Waals surface area (Å²) in [7, 11) is 0. The lowest BCUT2D eigenvalue weighted by Gasteiger charge is -2.04. The molecule has 4 aromatic rings. The third-order valence-electron chi connectivity index (χ3n) is 4.56. The lowest BCUT2D eigenvalue weighted by Crippen LogP contribution is -2.32. The molecule has 0 aliphatic carbocycles. The Balaban J connectivity index is 1.35. The van der Waals surface area contributed by atoms with Crippen molar-refractivity contribution in [3.8, 4) is 22.6 Å². The number of non-ortho nitro benzene ring substituents is 1. The van der Waals surface area contributed by atoms with E-state index >= 15 is 0 Å². The van der Waals surface area contributed by atoms with Crippen LogP contribution in [0.1, 0.15) is 5.76 Å². The van der Waals surface area contributed by atoms with E-state index < -0.39 is 10.8 Å². The fraction of sp³-hybridized carbons (Fsp3) is 0. The molecule has 1 amide bonds. The Morgan fingerprint density at radius 3 is 2.77 bits per heavy atom. The number of carbonyl (C=O) groups excluding carboxylic acids is 1. The van der Waals surface area contributed by atoms with E-state index in [0.717, 1.165) is 0 Å². The Bertz CT molecular complexity index is 1470. The monoisotopic (exact) mass is 544 g/mol. The quantitative estimate of drug-likeness (QED) is 0.119. The number of hydrogen-bond acceptors (Lipinski definition) is 7. The summed E-state index contributed by atoms with van der Waals surface area (Å²) in [6, 6.07) is 14.8. The van der Waals surface area contributed by atoms with Crippen LogP contribution in [0.15, 0.2) is 70.5 Å². The number of nitrogens with one attached hydrogen (secondary N) is 2. The summed E-state index contributed by atoms with van der Waals surface area (Å²) in [6.07, 6.45) is 2.76. The molecule has 0 radical (unpaired) electrons. The van der Waals surface area contributed by atoms with Gasteiger partial charge in [-0.25, -0.2) is 4.98 Å². The summed E-state index contributed by atoms with van der Waals surface area (Å²) in [5.41, 5.74) is 1.75. The zero-order valence-corrected chi connectivity index (χ0v) is 20.7. The zero-order valence-electron chi connectivity index (χ0n) is 17.5. The number of hydrogen-bond donors (Lipinski definition) is 2. The molecule has 4 rings (SSSR count). The van der Waals surface area contributed by atoms with E-state index in [-0.39, 0.29) is 10.8 Å². The van der Waals surface area contributed by atoms with Gasteiger partial charge in [-0.05, 0) is 42.6 Å². The minimum absolute atomic E-state index is 0.0288. The molecule has 176 valence electrons. The maximum Gasteiger partial charge on any atom is 0.270 e. The molecular weight excluding hydrogens is 531 g/mol. The average Bonchev–Trinajstić information content (AvgIpc) is 3.49. The number of thiocarbonyl (C=S) groups is 1. The van der Waals surface area contributed by atoms with E-state index in [1.807, 2.05) is 0 Å². The highest BCUT2D eigenvalue weighted by atomic mass is 35.5. The molecule has 8 nitrogen and oxygen atoms in total. The summed E-state index contributed by atoms with van der Waals surface area (Å²) in [5, 5.41) is 19.3. The van der Waals surface area contributed by atoms with Crippen molar-refractivity contribution in [2.24, 2.45) is 0 Å². The van der Waals surface area contributed by atoms with Crippen LogP contribution in [0.3, 0.4) is 0 Å². The van der Waals surface area contributed by atoms with Crippen molar-refractivity contribution < 1.29 is 14.1 Å². The third-order valence-corrected chi connectivity index (χ3v) is 6.34. The average molecular weight is 545 g/mol. The van der Waals surface area contributed by atoms with Gasteiger partial charge < -0.3 is 9.73 Å². The van der Waals surface area contributed by atoms with Crippen LogP contribution in [0.5, 0.6) is 0 Å². The molecule has 2 aromatic heterocycles. The van der Waals surface area contributed by atoms with Gasteiger partial charge in [-0.1, -0.05) is 41.4 Å². The fourth-order valence-corrected chi connectivity index (χ4v) is 4.34. The number of anilines is 1. The summed E-state index contributed by atoms with van der Waals surface area (Å²) in [6.45, 7) is 0. The topological polar surface area (TPSA) is 110 Å². The Labute approximate surface area is 218 Å².